The van der Waals surface area contributed by atoms with Crippen molar-refractivity contribution >= 4 is 33.2 Å². The summed E-state index contributed by atoms with van der Waals surface area (Å²) in [5, 5.41) is 6.12. The fraction of sp³-hybridized carbons (Fsp3) is 0.304. The van der Waals surface area contributed by atoms with Gasteiger partial charge in [-0.1, -0.05) is 40.2 Å². The van der Waals surface area contributed by atoms with E-state index in [2.05, 4.69) is 33.4 Å². The predicted octanol–water partition coefficient (Wildman–Crippen LogP) is 5.71. The SMILES string of the molecule is CCOc1ccccc1-c1nc(CC(=O)NC2(c3cccc(Br)c3)CCC2)cs1. The number of carbonyl (C=O) groups excluding carboxylic acids is 1. The molecule has 0 bridgehead atoms. The zero-order valence-electron chi connectivity index (χ0n) is 16.3. The standard InChI is InChI=1S/C23H23BrN2O2S/c1-2-28-20-10-4-3-9-19(20)22-25-18(15-29-22)14-21(27)26-23(11-6-12-23)16-7-5-8-17(24)13-16/h3-5,7-10,13,15H,2,6,11-12,14H2,1H3,(H,26,27). The van der Waals surface area contributed by atoms with Crippen LogP contribution in [-0.2, 0) is 16.8 Å². The first kappa shape index (κ1) is 20.1. The summed E-state index contributed by atoms with van der Waals surface area (Å²) in [6.45, 7) is 2.57. The van der Waals surface area contributed by atoms with Crippen molar-refractivity contribution < 1.29 is 9.53 Å². The molecule has 1 aromatic heterocycles. The zero-order chi connectivity index (χ0) is 20.3. The van der Waals surface area contributed by atoms with Crippen LogP contribution in [0.1, 0.15) is 37.4 Å². The lowest BCUT2D eigenvalue weighted by atomic mass is 9.71. The summed E-state index contributed by atoms with van der Waals surface area (Å²) >= 11 is 5.08. The Labute approximate surface area is 183 Å². The van der Waals surface area contributed by atoms with E-state index in [9.17, 15) is 4.79 Å². The molecule has 1 aliphatic rings. The molecule has 1 aliphatic carbocycles. The second-order valence-electron chi connectivity index (χ2n) is 7.24. The van der Waals surface area contributed by atoms with Gasteiger partial charge in [-0.05, 0) is 56.0 Å². The minimum atomic E-state index is -0.249. The van der Waals surface area contributed by atoms with Crippen LogP contribution in [0.3, 0.4) is 0 Å². The highest BCUT2D eigenvalue weighted by Gasteiger charge is 2.40. The van der Waals surface area contributed by atoms with Crippen LogP contribution < -0.4 is 10.1 Å². The molecular formula is C23H23BrN2O2S. The third-order valence-corrected chi connectivity index (χ3v) is 6.69. The second-order valence-corrected chi connectivity index (χ2v) is 9.02. The molecule has 4 nitrogen and oxygen atoms in total. The van der Waals surface area contributed by atoms with Gasteiger partial charge in [0.25, 0.3) is 0 Å². The van der Waals surface area contributed by atoms with Gasteiger partial charge in [-0.2, -0.15) is 0 Å². The van der Waals surface area contributed by atoms with Gasteiger partial charge >= 0.3 is 0 Å². The molecule has 29 heavy (non-hydrogen) atoms. The molecule has 0 unspecified atom stereocenters. The molecule has 0 radical (unpaired) electrons. The van der Waals surface area contributed by atoms with Crippen molar-refractivity contribution in [3.63, 3.8) is 0 Å². The van der Waals surface area contributed by atoms with Crippen LogP contribution in [0.15, 0.2) is 58.4 Å². The first-order valence-corrected chi connectivity index (χ1v) is 11.5. The highest BCUT2D eigenvalue weighted by Crippen LogP contribution is 2.42. The summed E-state index contributed by atoms with van der Waals surface area (Å²) in [5.41, 5.74) is 2.67. The number of carbonyl (C=O) groups is 1. The Hall–Kier alpha value is -2.18. The third kappa shape index (κ3) is 4.38. The van der Waals surface area contributed by atoms with Crippen molar-refractivity contribution in [2.24, 2.45) is 0 Å². The number of amides is 1. The van der Waals surface area contributed by atoms with E-state index in [-0.39, 0.29) is 17.9 Å². The van der Waals surface area contributed by atoms with Gasteiger partial charge in [0.2, 0.25) is 5.91 Å². The van der Waals surface area contributed by atoms with E-state index in [0.717, 1.165) is 51.3 Å². The van der Waals surface area contributed by atoms with Crippen LogP contribution in [-0.4, -0.2) is 17.5 Å². The fourth-order valence-electron chi connectivity index (χ4n) is 3.71. The largest absolute Gasteiger partial charge is 0.493 e. The Balaban J connectivity index is 1.47. The van der Waals surface area contributed by atoms with Gasteiger partial charge in [0.15, 0.2) is 0 Å². The minimum absolute atomic E-state index is 0.0135. The summed E-state index contributed by atoms with van der Waals surface area (Å²) in [6.07, 6.45) is 3.35. The average Bonchev–Trinajstić information content (AvgIpc) is 3.13. The van der Waals surface area contributed by atoms with Crippen LogP contribution >= 0.6 is 27.3 Å². The number of nitrogens with one attached hydrogen (secondary N) is 1. The molecule has 1 heterocycles. The molecule has 4 rings (SSSR count). The van der Waals surface area contributed by atoms with E-state index in [1.54, 1.807) is 11.3 Å². The van der Waals surface area contributed by atoms with Gasteiger partial charge in [0.1, 0.15) is 10.8 Å². The molecule has 150 valence electrons. The Bertz CT molecular complexity index is 1010. The van der Waals surface area contributed by atoms with Crippen molar-refractivity contribution in [1.29, 1.82) is 0 Å². The number of benzene rings is 2. The zero-order valence-corrected chi connectivity index (χ0v) is 18.7. The maximum Gasteiger partial charge on any atom is 0.226 e. The number of hydrogen-bond donors (Lipinski definition) is 1. The lowest BCUT2D eigenvalue weighted by molar-refractivity contribution is -0.123. The second kappa shape index (κ2) is 8.67. The summed E-state index contributed by atoms with van der Waals surface area (Å²) in [5.74, 6) is 0.836. The summed E-state index contributed by atoms with van der Waals surface area (Å²) in [6, 6.07) is 16.1. The number of rotatable bonds is 7. The van der Waals surface area contributed by atoms with Crippen molar-refractivity contribution in [1.82, 2.24) is 10.3 Å². The first-order valence-electron chi connectivity index (χ1n) is 9.83. The normalized spacial score (nSPS) is 14.8. The molecule has 1 amide bonds. The Morgan fingerprint density at radius 1 is 1.24 bits per heavy atom. The van der Waals surface area contributed by atoms with Gasteiger partial charge in [0, 0.05) is 9.85 Å². The third-order valence-electron chi connectivity index (χ3n) is 5.27. The van der Waals surface area contributed by atoms with E-state index in [1.807, 2.05) is 48.7 Å². The van der Waals surface area contributed by atoms with Crippen LogP contribution in [0.4, 0.5) is 0 Å². The van der Waals surface area contributed by atoms with Crippen molar-refractivity contribution in [2.45, 2.75) is 38.1 Å². The van der Waals surface area contributed by atoms with Crippen LogP contribution in [0, 0.1) is 0 Å². The van der Waals surface area contributed by atoms with E-state index < -0.39 is 0 Å². The monoisotopic (exact) mass is 470 g/mol. The van der Waals surface area contributed by atoms with E-state index >= 15 is 0 Å². The first-order chi connectivity index (χ1) is 14.1. The molecule has 0 spiro atoms. The van der Waals surface area contributed by atoms with E-state index in [1.165, 1.54) is 0 Å². The van der Waals surface area contributed by atoms with Gasteiger partial charge in [-0.3, -0.25) is 4.79 Å². The Kier molecular flexibility index (Phi) is 6.01. The maximum absolute atomic E-state index is 12.8. The summed E-state index contributed by atoms with van der Waals surface area (Å²) in [7, 11) is 0. The number of hydrogen-bond acceptors (Lipinski definition) is 4. The van der Waals surface area contributed by atoms with Gasteiger partial charge < -0.3 is 10.1 Å². The van der Waals surface area contributed by atoms with Crippen LogP contribution in [0.2, 0.25) is 0 Å². The number of halogens is 1. The smallest absolute Gasteiger partial charge is 0.226 e. The van der Waals surface area contributed by atoms with Crippen molar-refractivity contribution in [3.05, 3.63) is 69.6 Å². The maximum atomic E-state index is 12.8. The minimum Gasteiger partial charge on any atom is -0.493 e. The molecule has 0 aliphatic heterocycles. The topological polar surface area (TPSA) is 51.2 Å². The lowest BCUT2D eigenvalue weighted by Crippen LogP contribution is -2.51. The summed E-state index contributed by atoms with van der Waals surface area (Å²) in [4.78, 5) is 17.5. The Morgan fingerprint density at radius 2 is 2.07 bits per heavy atom. The quantitative estimate of drug-likeness (QED) is 0.480. The highest BCUT2D eigenvalue weighted by atomic mass is 79.9. The molecule has 1 saturated carbocycles. The molecule has 0 atom stereocenters. The van der Waals surface area contributed by atoms with Crippen molar-refractivity contribution in [2.75, 3.05) is 6.61 Å². The number of nitrogens with zero attached hydrogens (tertiary/aromatic N) is 1. The van der Waals surface area contributed by atoms with Crippen LogP contribution in [0.5, 0.6) is 5.75 Å². The number of para-hydroxylation sites is 1. The molecule has 1 fully saturated rings. The molecular weight excluding hydrogens is 448 g/mol. The predicted molar refractivity (Wildman–Crippen MR) is 120 cm³/mol. The molecule has 3 aromatic rings. The van der Waals surface area contributed by atoms with Crippen molar-refractivity contribution in [3.8, 4) is 16.3 Å². The highest BCUT2D eigenvalue weighted by molar-refractivity contribution is 9.10. The average molecular weight is 471 g/mol. The van der Waals surface area contributed by atoms with Gasteiger partial charge in [0.05, 0.1) is 29.8 Å². The molecule has 6 heteroatoms. The van der Waals surface area contributed by atoms with E-state index in [4.69, 9.17) is 9.72 Å². The van der Waals surface area contributed by atoms with Gasteiger partial charge in [-0.25, -0.2) is 4.98 Å². The fourth-order valence-corrected chi connectivity index (χ4v) is 4.96. The number of thiazole rings is 1. The number of aromatic nitrogens is 1. The van der Waals surface area contributed by atoms with Crippen LogP contribution in [0.25, 0.3) is 10.6 Å². The van der Waals surface area contributed by atoms with Gasteiger partial charge in [-0.15, -0.1) is 11.3 Å². The Morgan fingerprint density at radius 3 is 2.79 bits per heavy atom. The molecule has 2 aromatic carbocycles. The summed E-state index contributed by atoms with van der Waals surface area (Å²) < 4.78 is 6.75. The van der Waals surface area contributed by atoms with E-state index in [0.29, 0.717) is 6.61 Å². The lowest BCUT2D eigenvalue weighted by Gasteiger charge is -2.43. The molecule has 1 N–H and O–H groups in total. The molecule has 0 saturated heterocycles. The number of ether oxygens (including phenoxy) is 1.